The van der Waals surface area contributed by atoms with E-state index >= 15 is 0 Å². The third-order valence-corrected chi connectivity index (χ3v) is 4.60. The van der Waals surface area contributed by atoms with E-state index in [0.29, 0.717) is 33.8 Å². The van der Waals surface area contributed by atoms with Crippen molar-refractivity contribution in [3.63, 3.8) is 0 Å². The van der Waals surface area contributed by atoms with Crippen molar-refractivity contribution < 1.29 is 13.5 Å². The topological polar surface area (TPSA) is 90.6 Å². The maximum Gasteiger partial charge on any atom is 0.243 e. The van der Waals surface area contributed by atoms with Crippen LogP contribution in [0, 0.1) is 0 Å². The molecule has 0 saturated heterocycles. The Labute approximate surface area is 156 Å². The number of halogens is 3. The predicted molar refractivity (Wildman–Crippen MR) is 95.9 cm³/mol. The van der Waals surface area contributed by atoms with E-state index in [1.807, 2.05) is 6.07 Å². The van der Waals surface area contributed by atoms with Gasteiger partial charge in [0, 0.05) is 11.6 Å². The molecule has 0 aliphatic carbocycles. The van der Waals surface area contributed by atoms with E-state index in [0.717, 1.165) is 5.76 Å². The maximum atomic E-state index is 12.9. The maximum absolute atomic E-state index is 12.9. The fourth-order valence-electron chi connectivity index (χ4n) is 2.53. The quantitative estimate of drug-likeness (QED) is 0.596. The van der Waals surface area contributed by atoms with Gasteiger partial charge in [-0.1, -0.05) is 0 Å². The average Bonchev–Trinajstić information content (AvgIpc) is 3.20. The van der Waals surface area contributed by atoms with Crippen LogP contribution < -0.4 is 15.8 Å². The summed E-state index contributed by atoms with van der Waals surface area (Å²) in [5.41, 5.74) is 7.03. The third kappa shape index (κ3) is 3.58. The van der Waals surface area contributed by atoms with Crippen LogP contribution >= 0.6 is 27.5 Å². The summed E-state index contributed by atoms with van der Waals surface area (Å²) in [5.74, 6) is 1.71. The number of ether oxygens (including phenoxy) is 1. The lowest BCUT2D eigenvalue weighted by Gasteiger charge is -2.09. The molecule has 0 bridgehead atoms. The molecular formula is C15H16BrClFN5O2. The van der Waals surface area contributed by atoms with Crippen molar-refractivity contribution in [3.8, 4) is 5.75 Å². The minimum atomic E-state index is -0.648. The minimum absolute atomic E-state index is 0.0501. The van der Waals surface area contributed by atoms with Crippen LogP contribution in [-0.2, 0) is 13.0 Å². The van der Waals surface area contributed by atoms with Crippen LogP contribution in [0.4, 0.5) is 10.2 Å². The molecule has 0 aliphatic heterocycles. The summed E-state index contributed by atoms with van der Waals surface area (Å²) in [7, 11) is 1.52. The SMILES string of the molecule is COc1c(C[C@@H](N)CF)c(Br)n2nc(Cl)nc(NCc3ccco3)c12. The first-order chi connectivity index (χ1) is 12.0. The number of rotatable bonds is 7. The second-order valence-electron chi connectivity index (χ2n) is 5.34. The molecule has 0 saturated carbocycles. The molecule has 10 heteroatoms. The van der Waals surface area contributed by atoms with Gasteiger partial charge < -0.3 is 20.2 Å². The molecule has 0 fully saturated rings. The fourth-order valence-corrected chi connectivity index (χ4v) is 3.29. The number of alkyl halides is 1. The lowest BCUT2D eigenvalue weighted by atomic mass is 10.1. The summed E-state index contributed by atoms with van der Waals surface area (Å²) in [6.45, 7) is -0.237. The Balaban J connectivity index is 2.08. The minimum Gasteiger partial charge on any atom is -0.494 e. The van der Waals surface area contributed by atoms with Crippen LogP contribution in [0.5, 0.6) is 5.75 Å². The number of anilines is 1. The molecule has 1 atom stereocenters. The van der Waals surface area contributed by atoms with Crippen molar-refractivity contribution in [1.29, 1.82) is 0 Å². The average molecular weight is 433 g/mol. The first-order valence-corrected chi connectivity index (χ1v) is 8.60. The number of nitrogens with two attached hydrogens (primary N) is 1. The smallest absolute Gasteiger partial charge is 0.243 e. The Bertz CT molecular complexity index is 871. The number of aromatic nitrogens is 3. The van der Waals surface area contributed by atoms with Crippen molar-refractivity contribution >= 4 is 38.9 Å². The van der Waals surface area contributed by atoms with Crippen LogP contribution in [0.1, 0.15) is 11.3 Å². The highest BCUT2D eigenvalue weighted by molar-refractivity contribution is 9.10. The van der Waals surface area contributed by atoms with Crippen molar-refractivity contribution in [2.24, 2.45) is 5.73 Å². The molecule has 3 aromatic heterocycles. The van der Waals surface area contributed by atoms with E-state index in [2.05, 4.69) is 31.3 Å². The van der Waals surface area contributed by atoms with Crippen LogP contribution in [0.3, 0.4) is 0 Å². The van der Waals surface area contributed by atoms with Gasteiger partial charge in [-0.15, -0.1) is 5.10 Å². The highest BCUT2D eigenvalue weighted by atomic mass is 79.9. The van der Waals surface area contributed by atoms with E-state index in [-0.39, 0.29) is 11.7 Å². The standard InChI is InChI=1S/C15H16BrClFN5O2/c1-24-12-10(5-8(19)6-18)13(16)23-11(12)14(21-15(17)22-23)20-7-9-3-2-4-25-9/h2-4,8H,5-7,19H2,1H3,(H,20,21,22)/t8-/m1/s1. The summed E-state index contributed by atoms with van der Waals surface area (Å²) < 4.78 is 25.8. The van der Waals surface area contributed by atoms with Gasteiger partial charge >= 0.3 is 0 Å². The molecule has 3 N–H and O–H groups in total. The highest BCUT2D eigenvalue weighted by Crippen LogP contribution is 2.38. The Morgan fingerprint density at radius 3 is 3.00 bits per heavy atom. The molecule has 3 aromatic rings. The fraction of sp³-hybridized carbons (Fsp3) is 0.333. The Hall–Kier alpha value is -1.84. The van der Waals surface area contributed by atoms with Gasteiger partial charge in [-0.2, -0.15) is 4.98 Å². The van der Waals surface area contributed by atoms with E-state index < -0.39 is 12.7 Å². The number of hydrogen-bond acceptors (Lipinski definition) is 6. The van der Waals surface area contributed by atoms with Crippen molar-refractivity contribution in [2.45, 2.75) is 19.0 Å². The number of fused-ring (bicyclic) bond motifs is 1. The zero-order chi connectivity index (χ0) is 18.0. The molecule has 0 radical (unpaired) electrons. The van der Waals surface area contributed by atoms with Gasteiger partial charge in [-0.05, 0) is 46.1 Å². The van der Waals surface area contributed by atoms with Gasteiger partial charge in [0.2, 0.25) is 5.28 Å². The molecule has 7 nitrogen and oxygen atoms in total. The lowest BCUT2D eigenvalue weighted by Crippen LogP contribution is -2.25. The van der Waals surface area contributed by atoms with Crippen LogP contribution in [0.25, 0.3) is 5.52 Å². The largest absolute Gasteiger partial charge is 0.494 e. The highest BCUT2D eigenvalue weighted by Gasteiger charge is 2.24. The van der Waals surface area contributed by atoms with Gasteiger partial charge in [0.1, 0.15) is 17.0 Å². The normalized spacial score (nSPS) is 12.5. The molecule has 0 amide bonds. The molecule has 134 valence electrons. The lowest BCUT2D eigenvalue weighted by molar-refractivity contribution is 0.401. The first-order valence-electron chi connectivity index (χ1n) is 7.43. The predicted octanol–water partition coefficient (Wildman–Crippen LogP) is 3.20. The number of nitrogens with zero attached hydrogens (tertiary/aromatic N) is 3. The first kappa shape index (κ1) is 18.0. The zero-order valence-corrected chi connectivity index (χ0v) is 15.6. The molecule has 25 heavy (non-hydrogen) atoms. The second-order valence-corrected chi connectivity index (χ2v) is 6.43. The summed E-state index contributed by atoms with van der Waals surface area (Å²) in [4.78, 5) is 4.24. The second kappa shape index (κ2) is 7.59. The number of furan rings is 1. The summed E-state index contributed by atoms with van der Waals surface area (Å²) in [6.07, 6.45) is 1.86. The van der Waals surface area contributed by atoms with E-state index in [1.54, 1.807) is 16.8 Å². The van der Waals surface area contributed by atoms with Crippen molar-refractivity contribution in [3.05, 3.63) is 39.6 Å². The number of hydrogen-bond donors (Lipinski definition) is 2. The monoisotopic (exact) mass is 431 g/mol. The molecule has 0 aromatic carbocycles. The van der Waals surface area contributed by atoms with Gasteiger partial charge in [0.05, 0.1) is 19.9 Å². The Kier molecular flexibility index (Phi) is 5.45. The summed E-state index contributed by atoms with van der Waals surface area (Å²) in [5, 5.41) is 7.40. The van der Waals surface area contributed by atoms with E-state index in [9.17, 15) is 4.39 Å². The zero-order valence-electron chi connectivity index (χ0n) is 13.3. The molecular weight excluding hydrogens is 417 g/mol. The van der Waals surface area contributed by atoms with Gasteiger partial charge in [-0.3, -0.25) is 0 Å². The van der Waals surface area contributed by atoms with Crippen LogP contribution in [0.15, 0.2) is 27.4 Å². The van der Waals surface area contributed by atoms with Crippen LogP contribution in [-0.4, -0.2) is 34.4 Å². The molecule has 0 spiro atoms. The molecule has 3 heterocycles. The third-order valence-electron chi connectivity index (χ3n) is 3.63. The number of nitrogens with one attached hydrogen (secondary N) is 1. The number of methoxy groups -OCH3 is 1. The Morgan fingerprint density at radius 1 is 1.56 bits per heavy atom. The summed E-state index contributed by atoms with van der Waals surface area (Å²) >= 11 is 9.51. The van der Waals surface area contributed by atoms with Gasteiger partial charge in [0.15, 0.2) is 17.1 Å². The molecule has 0 unspecified atom stereocenters. The molecule has 0 aliphatic rings. The van der Waals surface area contributed by atoms with E-state index in [4.69, 9.17) is 26.5 Å². The van der Waals surface area contributed by atoms with Gasteiger partial charge in [0.25, 0.3) is 0 Å². The summed E-state index contributed by atoms with van der Waals surface area (Å²) in [6, 6.07) is 2.99. The van der Waals surface area contributed by atoms with Crippen LogP contribution in [0.2, 0.25) is 5.28 Å². The van der Waals surface area contributed by atoms with Gasteiger partial charge in [-0.25, -0.2) is 8.91 Å². The Morgan fingerprint density at radius 2 is 2.36 bits per heavy atom. The molecule has 3 rings (SSSR count). The van der Waals surface area contributed by atoms with E-state index in [1.165, 1.54) is 7.11 Å². The van der Waals surface area contributed by atoms with Crippen molar-refractivity contribution in [2.75, 3.05) is 19.1 Å². The van der Waals surface area contributed by atoms with Crippen molar-refractivity contribution in [1.82, 2.24) is 14.6 Å².